The fraction of sp³-hybridized carbons (Fsp3) is 0.304. The predicted octanol–water partition coefficient (Wildman–Crippen LogP) is 2.48. The zero-order valence-electron chi connectivity index (χ0n) is 17.3. The molecule has 0 bridgehead atoms. The molecule has 2 heterocycles. The van der Waals surface area contributed by atoms with Crippen LogP contribution in [0.2, 0.25) is 0 Å². The van der Waals surface area contributed by atoms with Gasteiger partial charge >= 0.3 is 0 Å². The van der Waals surface area contributed by atoms with Gasteiger partial charge < -0.3 is 9.80 Å². The van der Waals surface area contributed by atoms with Crippen LogP contribution in [-0.2, 0) is 19.6 Å². The number of benzene rings is 2. The van der Waals surface area contributed by atoms with Crippen molar-refractivity contribution >= 4 is 27.9 Å². The second-order valence-corrected chi connectivity index (χ2v) is 9.63. The van der Waals surface area contributed by atoms with Crippen molar-refractivity contribution in [1.82, 2.24) is 14.1 Å². The molecule has 4 rings (SSSR count). The summed E-state index contributed by atoms with van der Waals surface area (Å²) in [6.45, 7) is 2.65. The zero-order chi connectivity index (χ0) is 22.0. The third-order valence-corrected chi connectivity index (χ3v) is 7.72. The fourth-order valence-electron chi connectivity index (χ4n) is 4.13. The van der Waals surface area contributed by atoms with Gasteiger partial charge in [0.1, 0.15) is 0 Å². The highest BCUT2D eigenvalue weighted by atomic mass is 32.2. The molecule has 0 saturated carbocycles. The van der Waals surface area contributed by atoms with Gasteiger partial charge in [0, 0.05) is 39.3 Å². The topological polar surface area (TPSA) is 78.0 Å². The summed E-state index contributed by atoms with van der Waals surface area (Å²) in [5.41, 5.74) is 1.94. The monoisotopic (exact) mass is 439 g/mol. The normalized spacial score (nSPS) is 19.2. The van der Waals surface area contributed by atoms with Gasteiger partial charge in [-0.2, -0.15) is 4.31 Å². The summed E-state index contributed by atoms with van der Waals surface area (Å²) in [6, 6.07) is 15.7. The molecule has 2 aromatic rings. The molecule has 0 aliphatic carbocycles. The molecule has 1 saturated heterocycles. The Bertz CT molecular complexity index is 1110. The van der Waals surface area contributed by atoms with Gasteiger partial charge in [0.25, 0.3) is 0 Å². The maximum absolute atomic E-state index is 13.1. The van der Waals surface area contributed by atoms with Crippen LogP contribution in [-0.4, -0.2) is 60.5 Å². The van der Waals surface area contributed by atoms with E-state index in [0.29, 0.717) is 13.1 Å². The van der Waals surface area contributed by atoms with Crippen LogP contribution in [0.3, 0.4) is 0 Å². The lowest BCUT2D eigenvalue weighted by Gasteiger charge is -2.37. The molecule has 7 nitrogen and oxygen atoms in total. The van der Waals surface area contributed by atoms with Crippen molar-refractivity contribution in [3.05, 3.63) is 71.9 Å². The highest BCUT2D eigenvalue weighted by Crippen LogP contribution is 2.33. The molecular weight excluding hydrogens is 414 g/mol. The number of rotatable bonds is 4. The number of carbonyl (C=O) groups excluding carboxylic acids is 2. The van der Waals surface area contributed by atoms with E-state index in [2.05, 4.69) is 0 Å². The van der Waals surface area contributed by atoms with E-state index in [4.69, 9.17) is 0 Å². The Morgan fingerprint density at radius 3 is 2.26 bits per heavy atom. The van der Waals surface area contributed by atoms with Crippen LogP contribution in [0.5, 0.6) is 0 Å². The SMILES string of the molecule is CC(=O)N1C=Cc2ccccc2[C@H]1CC(=O)N1CCN(S(=O)(=O)c2ccccc2)CC1. The first-order valence-corrected chi connectivity index (χ1v) is 11.7. The molecule has 0 unspecified atom stereocenters. The lowest BCUT2D eigenvalue weighted by Crippen LogP contribution is -2.51. The summed E-state index contributed by atoms with van der Waals surface area (Å²) in [5.74, 6) is -0.208. The molecule has 8 heteroatoms. The Morgan fingerprint density at radius 1 is 0.935 bits per heavy atom. The molecule has 2 aliphatic rings. The Hall–Kier alpha value is -2.97. The molecule has 2 amide bonds. The molecule has 1 atom stereocenters. The van der Waals surface area contributed by atoms with Crippen molar-refractivity contribution < 1.29 is 18.0 Å². The van der Waals surface area contributed by atoms with E-state index >= 15 is 0 Å². The van der Waals surface area contributed by atoms with Crippen molar-refractivity contribution in [1.29, 1.82) is 0 Å². The van der Waals surface area contributed by atoms with Crippen LogP contribution < -0.4 is 0 Å². The van der Waals surface area contributed by atoms with E-state index in [1.54, 1.807) is 46.3 Å². The van der Waals surface area contributed by atoms with Crippen molar-refractivity contribution in [2.75, 3.05) is 26.2 Å². The van der Waals surface area contributed by atoms with Gasteiger partial charge in [-0.3, -0.25) is 9.59 Å². The first kappa shape index (κ1) is 21.3. The molecule has 2 aliphatic heterocycles. The number of piperazine rings is 1. The molecule has 2 aromatic carbocycles. The van der Waals surface area contributed by atoms with Crippen molar-refractivity contribution in [3.63, 3.8) is 0 Å². The summed E-state index contributed by atoms with van der Waals surface area (Å²) in [7, 11) is -3.57. The van der Waals surface area contributed by atoms with E-state index in [1.165, 1.54) is 11.2 Å². The maximum Gasteiger partial charge on any atom is 0.243 e. The summed E-state index contributed by atoms with van der Waals surface area (Å²) >= 11 is 0. The van der Waals surface area contributed by atoms with E-state index < -0.39 is 10.0 Å². The quantitative estimate of drug-likeness (QED) is 0.733. The molecule has 31 heavy (non-hydrogen) atoms. The number of hydrogen-bond donors (Lipinski definition) is 0. The summed E-state index contributed by atoms with van der Waals surface area (Å²) in [4.78, 5) is 28.8. The van der Waals surface area contributed by atoms with Gasteiger partial charge in [0.15, 0.2) is 0 Å². The first-order chi connectivity index (χ1) is 14.9. The molecular formula is C23H25N3O4S. The highest BCUT2D eigenvalue weighted by molar-refractivity contribution is 7.89. The molecule has 0 spiro atoms. The predicted molar refractivity (Wildman–Crippen MR) is 117 cm³/mol. The van der Waals surface area contributed by atoms with Crippen molar-refractivity contribution in [2.45, 2.75) is 24.3 Å². The van der Waals surface area contributed by atoms with Crippen LogP contribution in [0.15, 0.2) is 65.7 Å². The van der Waals surface area contributed by atoms with Gasteiger partial charge in [-0.15, -0.1) is 0 Å². The van der Waals surface area contributed by atoms with E-state index in [0.717, 1.165) is 11.1 Å². The van der Waals surface area contributed by atoms with Gasteiger partial charge in [-0.25, -0.2) is 8.42 Å². The number of fused-ring (bicyclic) bond motifs is 1. The molecule has 0 aromatic heterocycles. The first-order valence-electron chi connectivity index (χ1n) is 10.3. The van der Waals surface area contributed by atoms with Gasteiger partial charge in [0.2, 0.25) is 21.8 Å². The Kier molecular flexibility index (Phi) is 5.93. The molecule has 1 fully saturated rings. The van der Waals surface area contributed by atoms with E-state index in [9.17, 15) is 18.0 Å². The van der Waals surface area contributed by atoms with E-state index in [1.807, 2.05) is 30.3 Å². The summed E-state index contributed by atoms with van der Waals surface area (Å²) in [5, 5.41) is 0. The van der Waals surface area contributed by atoms with Gasteiger partial charge in [-0.05, 0) is 29.3 Å². The number of amides is 2. The number of nitrogens with zero attached hydrogens (tertiary/aromatic N) is 3. The Morgan fingerprint density at radius 2 is 1.58 bits per heavy atom. The van der Waals surface area contributed by atoms with Crippen molar-refractivity contribution in [3.8, 4) is 0 Å². The highest BCUT2D eigenvalue weighted by Gasteiger charge is 2.33. The third-order valence-electron chi connectivity index (χ3n) is 5.81. The average Bonchev–Trinajstić information content (AvgIpc) is 2.79. The number of sulfonamides is 1. The zero-order valence-corrected chi connectivity index (χ0v) is 18.2. The van der Waals surface area contributed by atoms with Gasteiger partial charge in [-0.1, -0.05) is 42.5 Å². The van der Waals surface area contributed by atoms with Crippen LogP contribution in [0.25, 0.3) is 6.08 Å². The van der Waals surface area contributed by atoms with Gasteiger partial charge in [0.05, 0.1) is 17.4 Å². The molecule has 0 N–H and O–H groups in total. The van der Waals surface area contributed by atoms with E-state index in [-0.39, 0.29) is 42.3 Å². The standard InChI is InChI=1S/C23H25N3O4S/c1-18(27)26-12-11-19-7-5-6-10-21(19)22(26)17-23(28)24-13-15-25(16-14-24)31(29,30)20-8-3-2-4-9-20/h2-12,22H,13-17H2,1H3/t22-/m1/s1. The Balaban J connectivity index is 1.44. The lowest BCUT2D eigenvalue weighted by atomic mass is 9.93. The third kappa shape index (κ3) is 4.26. The molecule has 162 valence electrons. The molecule has 0 radical (unpaired) electrons. The van der Waals surface area contributed by atoms with Crippen LogP contribution in [0.1, 0.15) is 30.5 Å². The average molecular weight is 440 g/mol. The smallest absolute Gasteiger partial charge is 0.243 e. The van der Waals surface area contributed by atoms with Crippen LogP contribution in [0.4, 0.5) is 0 Å². The minimum Gasteiger partial charge on any atom is -0.340 e. The van der Waals surface area contributed by atoms with Crippen LogP contribution in [0, 0.1) is 0 Å². The number of hydrogen-bond acceptors (Lipinski definition) is 4. The minimum atomic E-state index is -3.57. The fourth-order valence-corrected chi connectivity index (χ4v) is 5.57. The maximum atomic E-state index is 13.1. The van der Waals surface area contributed by atoms with Crippen molar-refractivity contribution in [2.24, 2.45) is 0 Å². The van der Waals surface area contributed by atoms with Crippen LogP contribution >= 0.6 is 0 Å². The summed E-state index contributed by atoms with van der Waals surface area (Å²) in [6.07, 6.45) is 3.77. The number of carbonyl (C=O) groups is 2. The minimum absolute atomic E-state index is 0.0851. The summed E-state index contributed by atoms with van der Waals surface area (Å²) < 4.78 is 27.0. The second-order valence-electron chi connectivity index (χ2n) is 7.69. The second kappa shape index (κ2) is 8.64. The largest absolute Gasteiger partial charge is 0.340 e. The lowest BCUT2D eigenvalue weighted by molar-refractivity contribution is -0.135. The Labute approximate surface area is 182 Å².